The van der Waals surface area contributed by atoms with Gasteiger partial charge in [-0.25, -0.2) is 0 Å². The average molecular weight is 805 g/mol. The lowest BCUT2D eigenvalue weighted by Gasteiger charge is -2.18. The minimum Gasteiger partial charge on any atom is -0.462 e. The summed E-state index contributed by atoms with van der Waals surface area (Å²) in [6.07, 6.45) is 50.5. The van der Waals surface area contributed by atoms with Gasteiger partial charge in [-0.15, -0.1) is 0 Å². The molecule has 0 saturated heterocycles. The summed E-state index contributed by atoms with van der Waals surface area (Å²) < 4.78 is 16.7. The Morgan fingerprint density at radius 1 is 0.333 bits per heavy atom. The van der Waals surface area contributed by atoms with Crippen LogP contribution in [-0.4, -0.2) is 37.2 Å². The van der Waals surface area contributed by atoms with Gasteiger partial charge >= 0.3 is 17.9 Å². The number of hydrogen-bond acceptors (Lipinski definition) is 6. The van der Waals surface area contributed by atoms with Crippen LogP contribution in [0.25, 0.3) is 0 Å². The van der Waals surface area contributed by atoms with Crippen LogP contribution in [0.1, 0.15) is 278 Å². The van der Waals surface area contributed by atoms with Crippen LogP contribution in [0.15, 0.2) is 12.2 Å². The average Bonchev–Trinajstić information content (AvgIpc) is 3.21. The minimum atomic E-state index is -0.763. The third-order valence-corrected chi connectivity index (χ3v) is 11.3. The molecule has 0 aliphatic heterocycles. The molecule has 0 radical (unpaired) electrons. The van der Waals surface area contributed by atoms with Crippen LogP contribution in [0.4, 0.5) is 0 Å². The van der Waals surface area contributed by atoms with Gasteiger partial charge in [-0.05, 0) is 44.9 Å². The van der Waals surface area contributed by atoms with Crippen molar-refractivity contribution in [3.05, 3.63) is 12.2 Å². The molecule has 0 aromatic carbocycles. The number of allylic oxidation sites excluding steroid dienone is 2. The second-order valence-electron chi connectivity index (χ2n) is 17.1. The molecule has 0 saturated carbocycles. The largest absolute Gasteiger partial charge is 0.462 e. The van der Waals surface area contributed by atoms with Crippen molar-refractivity contribution in [3.8, 4) is 0 Å². The molecule has 0 spiro atoms. The molecule has 0 heterocycles. The monoisotopic (exact) mass is 805 g/mol. The zero-order valence-electron chi connectivity index (χ0n) is 38.4. The first-order valence-corrected chi connectivity index (χ1v) is 25.2. The summed E-state index contributed by atoms with van der Waals surface area (Å²) in [5.74, 6) is -0.860. The van der Waals surface area contributed by atoms with E-state index < -0.39 is 6.10 Å². The summed E-state index contributed by atoms with van der Waals surface area (Å²) in [6.45, 7) is 6.64. The fraction of sp³-hybridized carbons (Fsp3) is 0.902. The normalized spacial score (nSPS) is 12.0. The van der Waals surface area contributed by atoms with Gasteiger partial charge in [0, 0.05) is 19.3 Å². The van der Waals surface area contributed by atoms with Crippen molar-refractivity contribution in [1.29, 1.82) is 0 Å². The molecule has 336 valence electrons. The van der Waals surface area contributed by atoms with E-state index in [-0.39, 0.29) is 31.1 Å². The van der Waals surface area contributed by atoms with E-state index >= 15 is 0 Å². The van der Waals surface area contributed by atoms with E-state index in [0.717, 1.165) is 57.8 Å². The van der Waals surface area contributed by atoms with Crippen LogP contribution >= 0.6 is 0 Å². The van der Waals surface area contributed by atoms with E-state index in [9.17, 15) is 14.4 Å². The molecule has 0 fully saturated rings. The summed E-state index contributed by atoms with van der Waals surface area (Å²) in [4.78, 5) is 37.8. The van der Waals surface area contributed by atoms with Gasteiger partial charge in [0.2, 0.25) is 0 Å². The third-order valence-electron chi connectivity index (χ3n) is 11.3. The Bertz CT molecular complexity index is 885. The Kier molecular flexibility index (Phi) is 45.3. The zero-order valence-corrected chi connectivity index (χ0v) is 38.4. The quantitative estimate of drug-likeness (QED) is 0.0264. The molecule has 0 aromatic rings. The third kappa shape index (κ3) is 45.1. The van der Waals surface area contributed by atoms with Crippen molar-refractivity contribution < 1.29 is 28.6 Å². The van der Waals surface area contributed by atoms with E-state index in [1.165, 1.54) is 180 Å². The van der Waals surface area contributed by atoms with Gasteiger partial charge in [-0.1, -0.05) is 226 Å². The minimum absolute atomic E-state index is 0.0667. The predicted octanol–water partition coefficient (Wildman–Crippen LogP) is 16.2. The van der Waals surface area contributed by atoms with Gasteiger partial charge in [0.25, 0.3) is 0 Å². The number of unbranched alkanes of at least 4 members (excludes halogenated alkanes) is 33. The van der Waals surface area contributed by atoms with Crippen molar-refractivity contribution >= 4 is 17.9 Å². The second-order valence-corrected chi connectivity index (χ2v) is 17.1. The van der Waals surface area contributed by atoms with Gasteiger partial charge in [0.05, 0.1) is 0 Å². The Hall–Kier alpha value is -1.85. The van der Waals surface area contributed by atoms with Crippen LogP contribution in [0.2, 0.25) is 0 Å². The molecule has 0 unspecified atom stereocenters. The first-order chi connectivity index (χ1) is 28.0. The molecule has 6 nitrogen and oxygen atoms in total. The maximum atomic E-state index is 12.7. The number of carbonyl (C=O) groups excluding carboxylic acids is 3. The molecule has 0 aliphatic carbocycles. The van der Waals surface area contributed by atoms with Crippen molar-refractivity contribution in [2.24, 2.45) is 0 Å². The Balaban J connectivity index is 4.28. The Morgan fingerprint density at radius 3 is 0.877 bits per heavy atom. The topological polar surface area (TPSA) is 78.9 Å². The lowest BCUT2D eigenvalue weighted by atomic mass is 10.0. The molecule has 6 heteroatoms. The summed E-state index contributed by atoms with van der Waals surface area (Å²) in [7, 11) is 0. The smallest absolute Gasteiger partial charge is 0.306 e. The Labute approximate surface area is 354 Å². The molecule has 57 heavy (non-hydrogen) atoms. The molecule has 0 bridgehead atoms. The van der Waals surface area contributed by atoms with E-state index in [2.05, 4.69) is 32.9 Å². The standard InChI is InChI=1S/C51H96O6/c1-4-7-10-13-16-19-21-23-24-25-26-28-29-32-35-38-41-44-50(53)56-47-48(46-55-49(52)43-40-37-34-31-18-15-12-9-6-3)57-51(54)45-42-39-36-33-30-27-22-20-17-14-11-8-5-2/h23-24,48H,4-22,25-47H2,1-3H3/b24-23-/t48-/m1/s1. The van der Waals surface area contributed by atoms with Crippen molar-refractivity contribution in [2.45, 2.75) is 284 Å². The predicted molar refractivity (Wildman–Crippen MR) is 243 cm³/mol. The van der Waals surface area contributed by atoms with E-state index in [1.54, 1.807) is 0 Å². The maximum absolute atomic E-state index is 12.7. The highest BCUT2D eigenvalue weighted by atomic mass is 16.6. The summed E-state index contributed by atoms with van der Waals surface area (Å²) >= 11 is 0. The van der Waals surface area contributed by atoms with Gasteiger partial charge in [0.15, 0.2) is 6.10 Å². The van der Waals surface area contributed by atoms with E-state index in [0.29, 0.717) is 19.3 Å². The van der Waals surface area contributed by atoms with Crippen LogP contribution < -0.4 is 0 Å². The molecule has 0 N–H and O–H groups in total. The molecule has 0 rings (SSSR count). The molecular weight excluding hydrogens is 709 g/mol. The molecule has 0 amide bonds. The lowest BCUT2D eigenvalue weighted by molar-refractivity contribution is -0.167. The number of rotatable bonds is 46. The first-order valence-electron chi connectivity index (χ1n) is 25.2. The molecule has 1 atom stereocenters. The highest BCUT2D eigenvalue weighted by molar-refractivity contribution is 5.71. The van der Waals surface area contributed by atoms with Crippen LogP contribution in [0.5, 0.6) is 0 Å². The van der Waals surface area contributed by atoms with Gasteiger partial charge in [-0.3, -0.25) is 14.4 Å². The number of esters is 3. The fourth-order valence-corrected chi connectivity index (χ4v) is 7.44. The molecular formula is C51H96O6. The highest BCUT2D eigenvalue weighted by Crippen LogP contribution is 2.16. The summed E-state index contributed by atoms with van der Waals surface area (Å²) in [5.41, 5.74) is 0. The van der Waals surface area contributed by atoms with Gasteiger partial charge in [0.1, 0.15) is 13.2 Å². The summed E-state index contributed by atoms with van der Waals surface area (Å²) in [5, 5.41) is 0. The lowest BCUT2D eigenvalue weighted by Crippen LogP contribution is -2.30. The highest BCUT2D eigenvalue weighted by Gasteiger charge is 2.19. The van der Waals surface area contributed by atoms with E-state index in [4.69, 9.17) is 14.2 Å². The van der Waals surface area contributed by atoms with Crippen LogP contribution in [0.3, 0.4) is 0 Å². The van der Waals surface area contributed by atoms with Gasteiger partial charge < -0.3 is 14.2 Å². The van der Waals surface area contributed by atoms with E-state index in [1.807, 2.05) is 0 Å². The molecule has 0 aliphatic rings. The first kappa shape index (κ1) is 55.2. The van der Waals surface area contributed by atoms with Gasteiger partial charge in [-0.2, -0.15) is 0 Å². The van der Waals surface area contributed by atoms with Crippen molar-refractivity contribution in [1.82, 2.24) is 0 Å². The zero-order chi connectivity index (χ0) is 41.5. The number of carbonyl (C=O) groups is 3. The molecule has 0 aromatic heterocycles. The SMILES string of the molecule is CCCCCCCC/C=C\CCCCCCCCCC(=O)OC[C@@H](COC(=O)CCCCCCCCCCC)OC(=O)CCCCCCCCCCCCCCC. The van der Waals surface area contributed by atoms with Crippen molar-refractivity contribution in [2.75, 3.05) is 13.2 Å². The maximum Gasteiger partial charge on any atom is 0.306 e. The number of hydrogen-bond donors (Lipinski definition) is 0. The number of ether oxygens (including phenoxy) is 3. The van der Waals surface area contributed by atoms with Crippen LogP contribution in [-0.2, 0) is 28.6 Å². The summed E-state index contributed by atoms with van der Waals surface area (Å²) in [6, 6.07) is 0. The Morgan fingerprint density at radius 2 is 0.579 bits per heavy atom. The fourth-order valence-electron chi connectivity index (χ4n) is 7.44. The van der Waals surface area contributed by atoms with Crippen LogP contribution in [0, 0.1) is 0 Å². The van der Waals surface area contributed by atoms with Crippen molar-refractivity contribution in [3.63, 3.8) is 0 Å². The second kappa shape index (κ2) is 46.8.